The normalized spacial score (nSPS) is 44.9. The Bertz CT molecular complexity index is 176. The Labute approximate surface area is 90.3 Å². The summed E-state index contributed by atoms with van der Waals surface area (Å²) in [7, 11) is 2.48. The van der Waals surface area contributed by atoms with E-state index in [1.807, 2.05) is 0 Å². The van der Waals surface area contributed by atoms with E-state index in [0.717, 1.165) is 23.6 Å². The van der Waals surface area contributed by atoms with Crippen molar-refractivity contribution >= 4 is 7.85 Å². The third kappa shape index (κ3) is 2.78. The molecule has 14 heavy (non-hydrogen) atoms. The van der Waals surface area contributed by atoms with Crippen molar-refractivity contribution < 1.29 is 0 Å². The molecule has 4 atom stereocenters. The first-order chi connectivity index (χ1) is 6.74. The molecule has 0 aromatic heterocycles. The molecule has 2 bridgehead atoms. The maximum absolute atomic E-state index is 2.49. The maximum atomic E-state index is 2.49. The molecule has 3 aliphatic rings. The van der Waals surface area contributed by atoms with Crippen LogP contribution in [0, 0.1) is 17.8 Å². The van der Waals surface area contributed by atoms with Gasteiger partial charge in [-0.1, -0.05) is 51.3 Å². The number of hydrogen-bond donors (Lipinski definition) is 0. The number of fused-ring (bicyclic) bond motifs is 7. The molecule has 0 spiro atoms. The van der Waals surface area contributed by atoms with E-state index in [0.29, 0.717) is 0 Å². The summed E-state index contributed by atoms with van der Waals surface area (Å²) in [5, 5.41) is 0. The molecule has 3 aliphatic carbocycles. The molecule has 0 N–H and O–H groups in total. The molecule has 4 unspecified atom stereocenters. The lowest BCUT2D eigenvalue weighted by Crippen LogP contribution is -2.14. The molecule has 0 amide bonds. The van der Waals surface area contributed by atoms with Gasteiger partial charge in [0.2, 0.25) is 0 Å². The molecule has 3 saturated carbocycles. The fourth-order valence-electron chi connectivity index (χ4n) is 3.85. The van der Waals surface area contributed by atoms with Gasteiger partial charge in [0, 0.05) is 0 Å². The second-order valence-electron chi connectivity index (χ2n) is 6.16. The third-order valence-corrected chi connectivity index (χ3v) is 4.50. The van der Waals surface area contributed by atoms with E-state index in [4.69, 9.17) is 0 Å². The Morgan fingerprint density at radius 3 is 2.43 bits per heavy atom. The smallest absolute Gasteiger partial charge is 0.0694 e. The van der Waals surface area contributed by atoms with E-state index in [9.17, 15) is 0 Å². The number of hydrogen-bond acceptors (Lipinski definition) is 0. The average Bonchev–Trinajstić information content (AvgIpc) is 2.19. The quantitative estimate of drug-likeness (QED) is 0.516. The van der Waals surface area contributed by atoms with E-state index in [-0.39, 0.29) is 0 Å². The zero-order chi connectivity index (χ0) is 9.97. The molecule has 0 radical (unpaired) electrons. The van der Waals surface area contributed by atoms with Crippen LogP contribution in [-0.4, -0.2) is 7.85 Å². The van der Waals surface area contributed by atoms with E-state index in [1.54, 1.807) is 0 Å². The second kappa shape index (κ2) is 4.72. The van der Waals surface area contributed by atoms with Crippen LogP contribution in [0.5, 0.6) is 0 Å². The van der Waals surface area contributed by atoms with Crippen LogP contribution in [0.25, 0.3) is 0 Å². The van der Waals surface area contributed by atoms with Crippen molar-refractivity contribution in [2.75, 3.05) is 0 Å². The summed E-state index contributed by atoms with van der Waals surface area (Å²) in [5.41, 5.74) is 0. The molecular weight excluding hydrogens is 167 g/mol. The topological polar surface area (TPSA) is 0 Å². The highest BCUT2D eigenvalue weighted by atomic mass is 14.3. The molecule has 0 aliphatic heterocycles. The molecule has 1 heteroatoms. The van der Waals surface area contributed by atoms with Crippen LogP contribution in [0.15, 0.2) is 0 Å². The highest BCUT2D eigenvalue weighted by Gasteiger charge is 2.25. The van der Waals surface area contributed by atoms with Gasteiger partial charge in [0.1, 0.15) is 7.85 Å². The Morgan fingerprint density at radius 2 is 1.57 bits per heavy atom. The lowest BCUT2D eigenvalue weighted by atomic mass is 9.75. The predicted octanol–water partition coefficient (Wildman–Crippen LogP) is 3.42. The summed E-state index contributed by atoms with van der Waals surface area (Å²) in [5.74, 6) is 4.16. The number of rotatable bonds is 0. The molecule has 0 saturated heterocycles. The summed E-state index contributed by atoms with van der Waals surface area (Å²) in [6, 6.07) is 0. The van der Waals surface area contributed by atoms with Crippen LogP contribution < -0.4 is 0 Å². The zero-order valence-electron chi connectivity index (χ0n) is 9.97. The van der Waals surface area contributed by atoms with Gasteiger partial charge in [0.25, 0.3) is 0 Å². The first-order valence-corrected chi connectivity index (χ1v) is 6.74. The van der Waals surface area contributed by atoms with Crippen LogP contribution in [-0.2, 0) is 0 Å². The zero-order valence-corrected chi connectivity index (χ0v) is 9.97. The van der Waals surface area contributed by atoms with Gasteiger partial charge in [0.15, 0.2) is 0 Å². The molecule has 0 nitrogen and oxygen atoms in total. The van der Waals surface area contributed by atoms with Gasteiger partial charge in [-0.25, -0.2) is 0 Å². The van der Waals surface area contributed by atoms with Gasteiger partial charge in [-0.05, 0) is 30.6 Å². The minimum Gasteiger partial charge on any atom is -0.0694 e. The van der Waals surface area contributed by atoms with Crippen molar-refractivity contribution in [3.05, 3.63) is 0 Å². The molecule has 0 aromatic rings. The molecule has 80 valence electrons. The van der Waals surface area contributed by atoms with Gasteiger partial charge in [-0.3, -0.25) is 0 Å². The standard InChI is InChI=1S/C13H25B/c1-10-7-11-3-2-4-12(8-10)9-13(14)6-5-11/h10-13H,2-9,14H2,1H3. The van der Waals surface area contributed by atoms with Crippen molar-refractivity contribution in [2.45, 2.75) is 64.1 Å². The van der Waals surface area contributed by atoms with E-state index >= 15 is 0 Å². The fourth-order valence-corrected chi connectivity index (χ4v) is 3.85. The Balaban J connectivity index is 2.06. The minimum absolute atomic E-state index is 1.01. The maximum Gasteiger partial charge on any atom is 0.105 e. The lowest BCUT2D eigenvalue weighted by Gasteiger charge is -2.26. The van der Waals surface area contributed by atoms with Crippen molar-refractivity contribution in [3.8, 4) is 0 Å². The van der Waals surface area contributed by atoms with Crippen molar-refractivity contribution in [1.29, 1.82) is 0 Å². The van der Waals surface area contributed by atoms with Gasteiger partial charge < -0.3 is 0 Å². The van der Waals surface area contributed by atoms with E-state index in [2.05, 4.69) is 14.8 Å². The highest BCUT2D eigenvalue weighted by Crippen LogP contribution is 2.39. The minimum atomic E-state index is 1.01. The van der Waals surface area contributed by atoms with Crippen LogP contribution in [0.2, 0.25) is 5.82 Å². The summed E-state index contributed by atoms with van der Waals surface area (Å²) >= 11 is 0. The molecular formula is C13H25B. The lowest BCUT2D eigenvalue weighted by molar-refractivity contribution is 0.260. The first-order valence-electron chi connectivity index (χ1n) is 6.74. The second-order valence-corrected chi connectivity index (χ2v) is 6.16. The SMILES string of the molecule is BC1CCC2CCCC(C1)CC(C)C2. The summed E-state index contributed by atoms with van der Waals surface area (Å²) in [4.78, 5) is 0. The molecule has 0 aromatic carbocycles. The summed E-state index contributed by atoms with van der Waals surface area (Å²) in [6.45, 7) is 2.49. The highest BCUT2D eigenvalue weighted by molar-refractivity contribution is 6.11. The van der Waals surface area contributed by atoms with Crippen molar-refractivity contribution in [2.24, 2.45) is 17.8 Å². The van der Waals surface area contributed by atoms with Crippen LogP contribution in [0.1, 0.15) is 58.3 Å². The fraction of sp³-hybridized carbons (Fsp3) is 1.00. The van der Waals surface area contributed by atoms with Crippen LogP contribution in [0.4, 0.5) is 0 Å². The summed E-state index contributed by atoms with van der Waals surface area (Å²) < 4.78 is 0. The largest absolute Gasteiger partial charge is 0.105 e. The monoisotopic (exact) mass is 192 g/mol. The van der Waals surface area contributed by atoms with Gasteiger partial charge in [0.05, 0.1) is 0 Å². The summed E-state index contributed by atoms with van der Waals surface area (Å²) in [6.07, 6.45) is 12.2. The Morgan fingerprint density at radius 1 is 0.857 bits per heavy atom. The van der Waals surface area contributed by atoms with E-state index in [1.165, 1.54) is 51.4 Å². The predicted molar refractivity (Wildman–Crippen MR) is 65.4 cm³/mol. The van der Waals surface area contributed by atoms with Crippen molar-refractivity contribution in [1.82, 2.24) is 0 Å². The Kier molecular flexibility index (Phi) is 3.57. The van der Waals surface area contributed by atoms with Gasteiger partial charge in [-0.15, -0.1) is 0 Å². The van der Waals surface area contributed by atoms with Gasteiger partial charge in [-0.2, -0.15) is 0 Å². The van der Waals surface area contributed by atoms with Crippen LogP contribution >= 0.6 is 0 Å². The molecule has 3 rings (SSSR count). The first kappa shape index (κ1) is 10.6. The average molecular weight is 192 g/mol. The van der Waals surface area contributed by atoms with E-state index < -0.39 is 0 Å². The molecule has 3 fully saturated rings. The van der Waals surface area contributed by atoms with Gasteiger partial charge >= 0.3 is 0 Å². The third-order valence-electron chi connectivity index (χ3n) is 4.50. The van der Waals surface area contributed by atoms with Crippen LogP contribution in [0.3, 0.4) is 0 Å². The Hall–Kier alpha value is 0.0649. The van der Waals surface area contributed by atoms with Crippen molar-refractivity contribution in [3.63, 3.8) is 0 Å². The molecule has 0 heterocycles.